The van der Waals surface area contributed by atoms with Crippen LogP contribution in [0.2, 0.25) is 0 Å². The Balaban J connectivity index is 1.49. The van der Waals surface area contributed by atoms with E-state index in [1.165, 1.54) is 0 Å². The summed E-state index contributed by atoms with van der Waals surface area (Å²) >= 11 is 3.59. The molecule has 0 aliphatic carbocycles. The molecule has 0 bridgehead atoms. The Hall–Kier alpha value is -2.84. The first kappa shape index (κ1) is 22.8. The quantitative estimate of drug-likeness (QED) is 0.398. The Morgan fingerprint density at radius 2 is 2.00 bits per heavy atom. The summed E-state index contributed by atoms with van der Waals surface area (Å²) in [5.41, 5.74) is 2.93. The summed E-state index contributed by atoms with van der Waals surface area (Å²) in [6.45, 7) is 4.39. The predicted molar refractivity (Wildman–Crippen MR) is 125 cm³/mol. The van der Waals surface area contributed by atoms with Crippen LogP contribution in [0.1, 0.15) is 17.5 Å². The third-order valence-electron chi connectivity index (χ3n) is 4.67. The van der Waals surface area contributed by atoms with Crippen LogP contribution < -0.4 is 20.1 Å². The van der Waals surface area contributed by atoms with Crippen LogP contribution in [0.15, 0.2) is 59.6 Å². The molecule has 31 heavy (non-hydrogen) atoms. The molecule has 3 aromatic rings. The Bertz CT molecular complexity index is 975. The molecule has 0 spiro atoms. The molecule has 1 amide bonds. The van der Waals surface area contributed by atoms with Crippen LogP contribution in [0.5, 0.6) is 11.5 Å². The van der Waals surface area contributed by atoms with E-state index in [1.54, 1.807) is 13.3 Å². The number of anilines is 1. The third-order valence-corrected chi connectivity index (χ3v) is 5.41. The number of halogens is 1. The lowest BCUT2D eigenvalue weighted by Gasteiger charge is -2.14. The Labute approximate surface area is 190 Å². The molecular formula is C23H27BrN4O3. The first-order valence-electron chi connectivity index (χ1n) is 10.1. The van der Waals surface area contributed by atoms with E-state index in [1.807, 2.05) is 55.8 Å². The second kappa shape index (κ2) is 11.5. The molecule has 2 N–H and O–H groups in total. The highest BCUT2D eigenvalue weighted by atomic mass is 79.9. The summed E-state index contributed by atoms with van der Waals surface area (Å²) < 4.78 is 14.1. The van der Waals surface area contributed by atoms with Gasteiger partial charge in [-0.15, -0.1) is 0 Å². The maximum absolute atomic E-state index is 12.2. The van der Waals surface area contributed by atoms with Gasteiger partial charge in [-0.3, -0.25) is 4.79 Å². The van der Waals surface area contributed by atoms with Crippen LogP contribution in [0, 0.1) is 6.92 Å². The molecule has 2 aromatic carbocycles. The van der Waals surface area contributed by atoms with E-state index in [-0.39, 0.29) is 12.5 Å². The van der Waals surface area contributed by atoms with E-state index in [0.29, 0.717) is 18.0 Å². The summed E-state index contributed by atoms with van der Waals surface area (Å²) in [5, 5.41) is 6.25. The number of ether oxygens (including phenoxy) is 2. The molecule has 1 heterocycles. The van der Waals surface area contributed by atoms with Gasteiger partial charge in [0.15, 0.2) is 18.1 Å². The van der Waals surface area contributed by atoms with Crippen molar-refractivity contribution in [1.29, 1.82) is 0 Å². The number of hydrogen-bond acceptors (Lipinski definition) is 5. The fourth-order valence-electron chi connectivity index (χ4n) is 2.99. The molecular weight excluding hydrogens is 460 g/mol. The van der Waals surface area contributed by atoms with Gasteiger partial charge >= 0.3 is 0 Å². The van der Waals surface area contributed by atoms with Gasteiger partial charge in [-0.05, 0) is 49.7 Å². The van der Waals surface area contributed by atoms with Gasteiger partial charge in [0.05, 0.1) is 13.4 Å². The first-order valence-corrected chi connectivity index (χ1v) is 10.9. The monoisotopic (exact) mass is 486 g/mol. The van der Waals surface area contributed by atoms with E-state index < -0.39 is 0 Å². The Morgan fingerprint density at radius 1 is 1.19 bits per heavy atom. The third kappa shape index (κ3) is 7.11. The van der Waals surface area contributed by atoms with E-state index in [2.05, 4.69) is 36.1 Å². The summed E-state index contributed by atoms with van der Waals surface area (Å²) in [7, 11) is 1.59. The van der Waals surface area contributed by atoms with Gasteiger partial charge in [0.1, 0.15) is 0 Å². The van der Waals surface area contributed by atoms with Crippen molar-refractivity contribution in [2.24, 2.45) is 0 Å². The summed E-state index contributed by atoms with van der Waals surface area (Å²) in [6.07, 6.45) is 6.57. The number of methoxy groups -OCH3 is 1. The summed E-state index contributed by atoms with van der Waals surface area (Å²) in [6, 6.07) is 11.4. The molecule has 8 heteroatoms. The van der Waals surface area contributed by atoms with E-state index in [9.17, 15) is 4.79 Å². The van der Waals surface area contributed by atoms with Crippen molar-refractivity contribution in [3.63, 3.8) is 0 Å². The fraction of sp³-hybridized carbons (Fsp3) is 0.304. The van der Waals surface area contributed by atoms with Crippen molar-refractivity contribution in [2.45, 2.75) is 26.4 Å². The number of benzene rings is 2. The number of carbonyl (C=O) groups is 1. The molecule has 7 nitrogen and oxygen atoms in total. The van der Waals surface area contributed by atoms with Crippen LogP contribution in [0.25, 0.3) is 0 Å². The highest BCUT2D eigenvalue weighted by Gasteiger charge is 2.12. The number of imidazole rings is 1. The largest absolute Gasteiger partial charge is 0.493 e. The van der Waals surface area contributed by atoms with Crippen LogP contribution >= 0.6 is 15.9 Å². The summed E-state index contributed by atoms with van der Waals surface area (Å²) in [4.78, 5) is 16.2. The first-order chi connectivity index (χ1) is 15.0. The van der Waals surface area contributed by atoms with Crippen molar-refractivity contribution in [3.8, 4) is 11.5 Å². The Kier molecular flexibility index (Phi) is 8.49. The van der Waals surface area contributed by atoms with Gasteiger partial charge in [0.2, 0.25) is 0 Å². The average Bonchev–Trinajstić information content (AvgIpc) is 3.28. The summed E-state index contributed by atoms with van der Waals surface area (Å²) in [5.74, 6) is 0.865. The highest BCUT2D eigenvalue weighted by Crippen LogP contribution is 2.33. The average molecular weight is 487 g/mol. The van der Waals surface area contributed by atoms with Crippen molar-refractivity contribution in [3.05, 3.63) is 70.7 Å². The lowest BCUT2D eigenvalue weighted by atomic mass is 10.2. The number of rotatable bonds is 11. The standard InChI is InChI=1S/C23H27BrN4O3/c1-17-4-6-19(7-5-17)27-23(29)15-31-22-13-20(24)18(12-21(22)30-2)14-25-8-3-10-28-11-9-26-16-28/h4-7,9,11-13,16,25H,3,8,10,14-15H2,1-2H3,(H,27,29). The van der Waals surface area contributed by atoms with Crippen molar-refractivity contribution in [1.82, 2.24) is 14.9 Å². The molecule has 3 rings (SSSR count). The number of amides is 1. The molecule has 164 valence electrons. The van der Waals surface area contributed by atoms with E-state index >= 15 is 0 Å². The zero-order chi connectivity index (χ0) is 22.1. The second-order valence-electron chi connectivity index (χ2n) is 7.13. The van der Waals surface area contributed by atoms with Crippen LogP contribution in [0.4, 0.5) is 5.69 Å². The lowest BCUT2D eigenvalue weighted by molar-refractivity contribution is -0.118. The van der Waals surface area contributed by atoms with Gasteiger partial charge < -0.3 is 24.7 Å². The number of nitrogens with one attached hydrogen (secondary N) is 2. The van der Waals surface area contributed by atoms with Gasteiger partial charge in [-0.25, -0.2) is 4.98 Å². The minimum Gasteiger partial charge on any atom is -0.493 e. The van der Waals surface area contributed by atoms with Crippen LogP contribution in [-0.4, -0.2) is 35.7 Å². The molecule has 0 saturated heterocycles. The smallest absolute Gasteiger partial charge is 0.262 e. The van der Waals surface area contributed by atoms with Gasteiger partial charge in [0.25, 0.3) is 5.91 Å². The van der Waals surface area contributed by atoms with Gasteiger partial charge in [0, 0.05) is 35.6 Å². The zero-order valence-electron chi connectivity index (χ0n) is 17.7. The molecule has 0 atom stereocenters. The van der Waals surface area contributed by atoms with Crippen molar-refractivity contribution >= 4 is 27.5 Å². The molecule has 0 radical (unpaired) electrons. The van der Waals surface area contributed by atoms with Crippen LogP contribution in [0.3, 0.4) is 0 Å². The lowest BCUT2D eigenvalue weighted by Crippen LogP contribution is -2.20. The normalized spacial score (nSPS) is 10.7. The highest BCUT2D eigenvalue weighted by molar-refractivity contribution is 9.10. The molecule has 0 unspecified atom stereocenters. The van der Waals surface area contributed by atoms with E-state index in [0.717, 1.165) is 40.8 Å². The SMILES string of the molecule is COc1cc(CNCCCn2ccnc2)c(Br)cc1OCC(=O)Nc1ccc(C)cc1. The number of aryl methyl sites for hydroxylation is 2. The maximum Gasteiger partial charge on any atom is 0.262 e. The second-order valence-corrected chi connectivity index (χ2v) is 7.98. The molecule has 0 fully saturated rings. The minimum atomic E-state index is -0.231. The number of nitrogens with zero attached hydrogens (tertiary/aromatic N) is 2. The predicted octanol–water partition coefficient (Wildman–Crippen LogP) is 4.16. The zero-order valence-corrected chi connectivity index (χ0v) is 19.3. The van der Waals surface area contributed by atoms with Crippen LogP contribution in [-0.2, 0) is 17.9 Å². The number of carbonyl (C=O) groups excluding carboxylic acids is 1. The Morgan fingerprint density at radius 3 is 2.71 bits per heavy atom. The van der Waals surface area contributed by atoms with Crippen molar-refractivity contribution in [2.75, 3.05) is 25.6 Å². The van der Waals surface area contributed by atoms with Crippen molar-refractivity contribution < 1.29 is 14.3 Å². The minimum absolute atomic E-state index is 0.109. The maximum atomic E-state index is 12.2. The fourth-order valence-corrected chi connectivity index (χ4v) is 3.45. The van der Waals surface area contributed by atoms with Gasteiger partial charge in [-0.2, -0.15) is 0 Å². The number of aromatic nitrogens is 2. The number of hydrogen-bond donors (Lipinski definition) is 2. The van der Waals surface area contributed by atoms with E-state index in [4.69, 9.17) is 9.47 Å². The molecule has 1 aromatic heterocycles. The topological polar surface area (TPSA) is 77.4 Å². The molecule has 0 saturated carbocycles. The molecule has 0 aliphatic rings. The molecule has 0 aliphatic heterocycles. The van der Waals surface area contributed by atoms with Gasteiger partial charge in [-0.1, -0.05) is 33.6 Å².